The van der Waals surface area contributed by atoms with Crippen LogP contribution in [0.1, 0.15) is 19.8 Å². The van der Waals surface area contributed by atoms with Crippen LogP contribution in [0.15, 0.2) is 12.7 Å². The van der Waals surface area contributed by atoms with Gasteiger partial charge in [-0.1, -0.05) is 19.9 Å². The maximum Gasteiger partial charge on any atom is 0.349 e. The molecule has 0 spiro atoms. The third kappa shape index (κ3) is 5.10. The summed E-state index contributed by atoms with van der Waals surface area (Å²) in [6, 6.07) is 0. The molecule has 0 bridgehead atoms. The molecule has 0 N–H and O–H groups in total. The molecule has 6 heteroatoms. The standard InChI is InChI=1S/C12H18O5S/c1-3-5-9(16-10(13)4-2)12(14)17-11-8-18-7-6-15-11/h4,9,11H,2-3,5-8H2,1H3. The molecule has 0 saturated carbocycles. The van der Waals surface area contributed by atoms with Crippen molar-refractivity contribution < 1.29 is 23.8 Å². The van der Waals surface area contributed by atoms with Crippen LogP contribution in [0.4, 0.5) is 0 Å². The molecule has 2 unspecified atom stereocenters. The van der Waals surface area contributed by atoms with E-state index in [-0.39, 0.29) is 0 Å². The molecule has 0 aromatic carbocycles. The van der Waals surface area contributed by atoms with Crippen molar-refractivity contribution in [1.29, 1.82) is 0 Å². The van der Waals surface area contributed by atoms with Crippen molar-refractivity contribution >= 4 is 23.7 Å². The second-order valence-corrected chi connectivity index (χ2v) is 4.88. The molecule has 5 nitrogen and oxygen atoms in total. The zero-order valence-electron chi connectivity index (χ0n) is 10.4. The molecule has 1 saturated heterocycles. The van der Waals surface area contributed by atoms with Crippen LogP contribution < -0.4 is 0 Å². The van der Waals surface area contributed by atoms with E-state index in [1.54, 1.807) is 11.8 Å². The van der Waals surface area contributed by atoms with Crippen molar-refractivity contribution in [3.8, 4) is 0 Å². The molecule has 1 aliphatic rings. The number of rotatable bonds is 6. The molecule has 0 aliphatic carbocycles. The van der Waals surface area contributed by atoms with E-state index in [9.17, 15) is 9.59 Å². The molecule has 1 fully saturated rings. The molecule has 18 heavy (non-hydrogen) atoms. The number of hydrogen-bond acceptors (Lipinski definition) is 6. The SMILES string of the molecule is C=CC(=O)OC(CCC)C(=O)OC1CSCCO1. The Morgan fingerprint density at radius 3 is 2.94 bits per heavy atom. The van der Waals surface area contributed by atoms with Crippen molar-refractivity contribution in [1.82, 2.24) is 0 Å². The predicted octanol–water partition coefficient (Wildman–Crippen LogP) is 1.52. The fourth-order valence-electron chi connectivity index (χ4n) is 1.42. The van der Waals surface area contributed by atoms with Gasteiger partial charge in [0.15, 0.2) is 6.10 Å². The van der Waals surface area contributed by atoms with Gasteiger partial charge in [-0.25, -0.2) is 9.59 Å². The Hall–Kier alpha value is -1.01. The molecule has 0 amide bonds. The van der Waals surface area contributed by atoms with Gasteiger partial charge in [0, 0.05) is 11.8 Å². The largest absolute Gasteiger partial charge is 0.447 e. The number of ether oxygens (including phenoxy) is 3. The molecule has 0 aromatic rings. The summed E-state index contributed by atoms with van der Waals surface area (Å²) in [6.07, 6.45) is 0.750. The lowest BCUT2D eigenvalue weighted by Crippen LogP contribution is -2.35. The molecule has 0 radical (unpaired) electrons. The van der Waals surface area contributed by atoms with E-state index >= 15 is 0 Å². The van der Waals surface area contributed by atoms with E-state index in [1.165, 1.54) is 0 Å². The van der Waals surface area contributed by atoms with Crippen molar-refractivity contribution in [3.63, 3.8) is 0 Å². The topological polar surface area (TPSA) is 61.8 Å². The Morgan fingerprint density at radius 2 is 2.39 bits per heavy atom. The number of carbonyl (C=O) groups excluding carboxylic acids is 2. The van der Waals surface area contributed by atoms with Crippen LogP contribution in [0.2, 0.25) is 0 Å². The highest BCUT2D eigenvalue weighted by molar-refractivity contribution is 7.99. The van der Waals surface area contributed by atoms with Crippen LogP contribution in [-0.4, -0.2) is 42.4 Å². The molecule has 1 aliphatic heterocycles. The molecule has 0 aromatic heterocycles. The van der Waals surface area contributed by atoms with Gasteiger partial charge < -0.3 is 14.2 Å². The molecule has 1 heterocycles. The highest BCUT2D eigenvalue weighted by Gasteiger charge is 2.27. The highest BCUT2D eigenvalue weighted by Crippen LogP contribution is 2.15. The average Bonchev–Trinajstić information content (AvgIpc) is 2.39. The van der Waals surface area contributed by atoms with Crippen molar-refractivity contribution in [2.24, 2.45) is 0 Å². The molecule has 1 rings (SSSR count). The summed E-state index contributed by atoms with van der Waals surface area (Å²) in [5, 5.41) is 0. The lowest BCUT2D eigenvalue weighted by Gasteiger charge is -2.24. The third-order valence-corrected chi connectivity index (χ3v) is 3.23. The molecule has 102 valence electrons. The van der Waals surface area contributed by atoms with Crippen molar-refractivity contribution in [3.05, 3.63) is 12.7 Å². The first kappa shape index (κ1) is 15.0. The monoisotopic (exact) mass is 274 g/mol. The fourth-order valence-corrected chi connectivity index (χ4v) is 2.15. The highest BCUT2D eigenvalue weighted by atomic mass is 32.2. The summed E-state index contributed by atoms with van der Waals surface area (Å²) in [5.41, 5.74) is 0. The van der Waals surface area contributed by atoms with E-state index in [2.05, 4.69) is 6.58 Å². The molecule has 2 atom stereocenters. The number of hydrogen-bond donors (Lipinski definition) is 0. The first-order chi connectivity index (χ1) is 8.67. The summed E-state index contributed by atoms with van der Waals surface area (Å²) in [6.45, 7) is 5.75. The van der Waals surface area contributed by atoms with E-state index in [0.29, 0.717) is 25.2 Å². The van der Waals surface area contributed by atoms with Gasteiger partial charge >= 0.3 is 11.9 Å². The van der Waals surface area contributed by atoms with Crippen molar-refractivity contribution in [2.75, 3.05) is 18.1 Å². The van der Waals surface area contributed by atoms with Gasteiger partial charge in [0.05, 0.1) is 12.4 Å². The second kappa shape index (κ2) is 8.16. The number of carbonyl (C=O) groups is 2. The lowest BCUT2D eigenvalue weighted by atomic mass is 10.2. The Labute approximate surface area is 111 Å². The summed E-state index contributed by atoms with van der Waals surface area (Å²) in [7, 11) is 0. The van der Waals surface area contributed by atoms with E-state index in [1.807, 2.05) is 6.92 Å². The molecular weight excluding hydrogens is 256 g/mol. The second-order valence-electron chi connectivity index (χ2n) is 3.73. The zero-order valence-corrected chi connectivity index (χ0v) is 11.2. The Kier molecular flexibility index (Phi) is 6.82. The van der Waals surface area contributed by atoms with Crippen LogP contribution in [-0.2, 0) is 23.8 Å². The van der Waals surface area contributed by atoms with Gasteiger partial charge in [-0.05, 0) is 6.42 Å². The van der Waals surface area contributed by atoms with Crippen LogP contribution in [0, 0.1) is 0 Å². The van der Waals surface area contributed by atoms with E-state index < -0.39 is 24.3 Å². The number of esters is 2. The van der Waals surface area contributed by atoms with Gasteiger partial charge in [0.2, 0.25) is 6.29 Å². The van der Waals surface area contributed by atoms with Crippen LogP contribution >= 0.6 is 11.8 Å². The Balaban J connectivity index is 2.46. The van der Waals surface area contributed by atoms with Gasteiger partial charge in [-0.2, -0.15) is 11.8 Å². The zero-order chi connectivity index (χ0) is 13.4. The van der Waals surface area contributed by atoms with Gasteiger partial charge in [0.25, 0.3) is 0 Å². The van der Waals surface area contributed by atoms with Gasteiger partial charge in [-0.15, -0.1) is 0 Å². The minimum absolute atomic E-state index is 0.429. The Morgan fingerprint density at radius 1 is 1.61 bits per heavy atom. The first-order valence-corrected chi connectivity index (χ1v) is 7.05. The predicted molar refractivity (Wildman–Crippen MR) is 68.1 cm³/mol. The normalized spacial score (nSPS) is 20.8. The van der Waals surface area contributed by atoms with E-state index in [4.69, 9.17) is 14.2 Å². The molecular formula is C12H18O5S. The van der Waals surface area contributed by atoms with Gasteiger partial charge in [-0.3, -0.25) is 0 Å². The van der Waals surface area contributed by atoms with E-state index in [0.717, 1.165) is 11.8 Å². The quantitative estimate of drug-likeness (QED) is 0.540. The average molecular weight is 274 g/mol. The first-order valence-electron chi connectivity index (χ1n) is 5.90. The van der Waals surface area contributed by atoms with Crippen LogP contribution in [0.3, 0.4) is 0 Å². The minimum atomic E-state index is -0.879. The van der Waals surface area contributed by atoms with Crippen LogP contribution in [0.25, 0.3) is 0 Å². The van der Waals surface area contributed by atoms with Crippen molar-refractivity contribution in [2.45, 2.75) is 32.2 Å². The summed E-state index contributed by atoms with van der Waals surface area (Å²) < 4.78 is 15.4. The lowest BCUT2D eigenvalue weighted by molar-refractivity contribution is -0.188. The maximum atomic E-state index is 11.8. The summed E-state index contributed by atoms with van der Waals surface area (Å²) >= 11 is 1.66. The third-order valence-electron chi connectivity index (χ3n) is 2.27. The van der Waals surface area contributed by atoms with Gasteiger partial charge in [0.1, 0.15) is 0 Å². The summed E-state index contributed by atoms with van der Waals surface area (Å²) in [4.78, 5) is 22.9. The fraction of sp³-hybridized carbons (Fsp3) is 0.667. The smallest absolute Gasteiger partial charge is 0.349 e. The number of thioether (sulfide) groups is 1. The Bertz CT molecular complexity index is 299. The summed E-state index contributed by atoms with van der Waals surface area (Å²) in [5.74, 6) is 0.335. The maximum absolute atomic E-state index is 11.8. The van der Waals surface area contributed by atoms with Crippen LogP contribution in [0.5, 0.6) is 0 Å². The minimum Gasteiger partial charge on any atom is -0.447 e.